The zero-order chi connectivity index (χ0) is 13.1. The normalized spacial score (nSPS) is 19.9. The Kier molecular flexibility index (Phi) is 4.21. The molecule has 0 spiro atoms. The van der Waals surface area contributed by atoms with Crippen molar-refractivity contribution in [3.05, 3.63) is 46.4 Å². The SMILES string of the molecule is CCC(NC1CCSc2ccccc21)c1nccs1. The van der Waals surface area contributed by atoms with E-state index in [0.717, 1.165) is 6.42 Å². The third-order valence-electron chi connectivity index (χ3n) is 3.52. The molecule has 0 amide bonds. The molecule has 2 atom stereocenters. The van der Waals surface area contributed by atoms with Gasteiger partial charge < -0.3 is 5.32 Å². The lowest BCUT2D eigenvalue weighted by Crippen LogP contribution is -2.28. The van der Waals surface area contributed by atoms with Crippen molar-refractivity contribution >= 4 is 23.1 Å². The Morgan fingerprint density at radius 1 is 1.42 bits per heavy atom. The van der Waals surface area contributed by atoms with Crippen LogP contribution in [0.4, 0.5) is 0 Å². The van der Waals surface area contributed by atoms with Crippen LogP contribution in [0, 0.1) is 0 Å². The Morgan fingerprint density at radius 3 is 3.11 bits per heavy atom. The van der Waals surface area contributed by atoms with Crippen LogP contribution in [0.5, 0.6) is 0 Å². The van der Waals surface area contributed by atoms with Gasteiger partial charge in [0.1, 0.15) is 5.01 Å². The van der Waals surface area contributed by atoms with Crippen molar-refractivity contribution in [3.8, 4) is 0 Å². The maximum Gasteiger partial charge on any atom is 0.109 e. The molecule has 1 aromatic carbocycles. The number of thiazole rings is 1. The third-order valence-corrected chi connectivity index (χ3v) is 5.53. The lowest BCUT2D eigenvalue weighted by Gasteiger charge is -2.29. The second kappa shape index (κ2) is 6.07. The topological polar surface area (TPSA) is 24.9 Å². The van der Waals surface area contributed by atoms with Crippen LogP contribution in [0.2, 0.25) is 0 Å². The molecule has 19 heavy (non-hydrogen) atoms. The van der Waals surface area contributed by atoms with Crippen molar-refractivity contribution in [1.82, 2.24) is 10.3 Å². The van der Waals surface area contributed by atoms with E-state index < -0.39 is 0 Å². The number of benzene rings is 1. The van der Waals surface area contributed by atoms with Gasteiger partial charge in [-0.15, -0.1) is 23.1 Å². The van der Waals surface area contributed by atoms with Crippen LogP contribution in [0.15, 0.2) is 40.7 Å². The molecule has 1 aliphatic heterocycles. The molecular weight excluding hydrogens is 272 g/mol. The number of fused-ring (bicyclic) bond motifs is 1. The summed E-state index contributed by atoms with van der Waals surface area (Å²) in [6.07, 6.45) is 4.18. The highest BCUT2D eigenvalue weighted by atomic mass is 32.2. The maximum absolute atomic E-state index is 4.46. The van der Waals surface area contributed by atoms with Crippen molar-refractivity contribution in [3.63, 3.8) is 0 Å². The first-order valence-corrected chi connectivity index (χ1v) is 8.62. The van der Waals surface area contributed by atoms with Crippen LogP contribution in [0.25, 0.3) is 0 Å². The smallest absolute Gasteiger partial charge is 0.109 e. The molecular formula is C15H18N2S2. The molecule has 0 aliphatic carbocycles. The van der Waals surface area contributed by atoms with Gasteiger partial charge in [-0.25, -0.2) is 4.98 Å². The van der Waals surface area contributed by atoms with Gasteiger partial charge in [0.15, 0.2) is 0 Å². The van der Waals surface area contributed by atoms with Gasteiger partial charge in [-0.2, -0.15) is 0 Å². The minimum Gasteiger partial charge on any atom is -0.301 e. The molecule has 1 N–H and O–H groups in total. The molecule has 1 aliphatic rings. The minimum absolute atomic E-state index is 0.376. The summed E-state index contributed by atoms with van der Waals surface area (Å²) in [5, 5.41) is 7.07. The van der Waals surface area contributed by atoms with Gasteiger partial charge in [-0.1, -0.05) is 25.1 Å². The highest BCUT2D eigenvalue weighted by molar-refractivity contribution is 7.99. The standard InChI is InChI=1S/C15H18N2S2/c1-2-12(15-16-8-10-19-15)17-13-7-9-18-14-6-4-3-5-11(13)14/h3-6,8,10,12-13,17H,2,7,9H2,1H3. The molecule has 0 saturated heterocycles. The highest BCUT2D eigenvalue weighted by Gasteiger charge is 2.23. The van der Waals surface area contributed by atoms with E-state index in [1.54, 1.807) is 11.3 Å². The summed E-state index contributed by atoms with van der Waals surface area (Å²) in [4.78, 5) is 5.89. The first kappa shape index (κ1) is 13.2. The van der Waals surface area contributed by atoms with Crippen molar-refractivity contribution in [2.75, 3.05) is 5.75 Å². The number of thioether (sulfide) groups is 1. The van der Waals surface area contributed by atoms with E-state index >= 15 is 0 Å². The average Bonchev–Trinajstić information content (AvgIpc) is 2.99. The van der Waals surface area contributed by atoms with E-state index in [-0.39, 0.29) is 0 Å². The second-order valence-electron chi connectivity index (χ2n) is 4.73. The lowest BCUT2D eigenvalue weighted by atomic mass is 10.0. The number of aromatic nitrogens is 1. The van der Waals surface area contributed by atoms with Gasteiger partial charge in [0, 0.05) is 22.5 Å². The Bertz CT molecular complexity index is 525. The Labute approximate surface area is 122 Å². The van der Waals surface area contributed by atoms with Gasteiger partial charge in [-0.3, -0.25) is 0 Å². The molecule has 0 radical (unpaired) electrons. The second-order valence-corrected chi connectivity index (χ2v) is 6.79. The number of nitrogens with zero attached hydrogens (tertiary/aromatic N) is 1. The molecule has 1 aromatic heterocycles. The van der Waals surface area contributed by atoms with E-state index in [0.29, 0.717) is 12.1 Å². The molecule has 0 saturated carbocycles. The molecule has 3 rings (SSSR count). The summed E-state index contributed by atoms with van der Waals surface area (Å²) in [5.41, 5.74) is 1.45. The summed E-state index contributed by atoms with van der Waals surface area (Å²) in [5.74, 6) is 1.20. The molecule has 2 unspecified atom stereocenters. The van der Waals surface area contributed by atoms with Crippen molar-refractivity contribution in [1.29, 1.82) is 0 Å². The van der Waals surface area contributed by atoms with E-state index in [1.165, 1.54) is 27.6 Å². The molecule has 2 nitrogen and oxygen atoms in total. The van der Waals surface area contributed by atoms with Crippen LogP contribution in [-0.2, 0) is 0 Å². The quantitative estimate of drug-likeness (QED) is 0.902. The summed E-state index contributed by atoms with van der Waals surface area (Å²) >= 11 is 3.72. The third kappa shape index (κ3) is 2.86. The number of hydrogen-bond donors (Lipinski definition) is 1. The number of hydrogen-bond acceptors (Lipinski definition) is 4. The molecule has 2 aromatic rings. The Hall–Kier alpha value is -0.840. The van der Waals surface area contributed by atoms with E-state index in [4.69, 9.17) is 0 Å². The van der Waals surface area contributed by atoms with E-state index in [1.807, 2.05) is 18.0 Å². The molecule has 100 valence electrons. The average molecular weight is 290 g/mol. The highest BCUT2D eigenvalue weighted by Crippen LogP contribution is 2.37. The summed E-state index contributed by atoms with van der Waals surface area (Å²) in [6.45, 7) is 2.22. The zero-order valence-corrected chi connectivity index (χ0v) is 12.6. The van der Waals surface area contributed by atoms with Crippen molar-refractivity contribution in [2.24, 2.45) is 0 Å². The van der Waals surface area contributed by atoms with Gasteiger partial charge >= 0.3 is 0 Å². The molecule has 0 bridgehead atoms. The fourth-order valence-electron chi connectivity index (χ4n) is 2.53. The molecule has 2 heterocycles. The van der Waals surface area contributed by atoms with Crippen LogP contribution in [0.3, 0.4) is 0 Å². The monoisotopic (exact) mass is 290 g/mol. The predicted molar refractivity (Wildman–Crippen MR) is 82.8 cm³/mol. The minimum atomic E-state index is 0.376. The fourth-order valence-corrected chi connectivity index (χ4v) is 4.44. The van der Waals surface area contributed by atoms with Crippen LogP contribution >= 0.6 is 23.1 Å². The summed E-state index contributed by atoms with van der Waals surface area (Å²) < 4.78 is 0. The van der Waals surface area contributed by atoms with Crippen molar-refractivity contribution < 1.29 is 0 Å². The largest absolute Gasteiger partial charge is 0.301 e. The summed E-state index contributed by atoms with van der Waals surface area (Å²) in [7, 11) is 0. The summed E-state index contributed by atoms with van der Waals surface area (Å²) in [6, 6.07) is 9.61. The first-order chi connectivity index (χ1) is 9.38. The lowest BCUT2D eigenvalue weighted by molar-refractivity contribution is 0.420. The Morgan fingerprint density at radius 2 is 2.32 bits per heavy atom. The van der Waals surface area contributed by atoms with E-state index in [2.05, 4.69) is 46.9 Å². The molecule has 4 heteroatoms. The van der Waals surface area contributed by atoms with Gasteiger partial charge in [0.2, 0.25) is 0 Å². The fraction of sp³-hybridized carbons (Fsp3) is 0.400. The van der Waals surface area contributed by atoms with Gasteiger partial charge in [-0.05, 0) is 30.2 Å². The number of rotatable bonds is 4. The van der Waals surface area contributed by atoms with Crippen LogP contribution in [-0.4, -0.2) is 10.7 Å². The first-order valence-electron chi connectivity index (χ1n) is 6.75. The van der Waals surface area contributed by atoms with E-state index in [9.17, 15) is 0 Å². The van der Waals surface area contributed by atoms with Crippen LogP contribution < -0.4 is 5.32 Å². The molecule has 0 fully saturated rings. The van der Waals surface area contributed by atoms with Crippen molar-refractivity contribution in [2.45, 2.75) is 36.7 Å². The van der Waals surface area contributed by atoms with Crippen LogP contribution in [0.1, 0.15) is 42.4 Å². The zero-order valence-electron chi connectivity index (χ0n) is 11.0. The van der Waals surface area contributed by atoms with Gasteiger partial charge in [0.25, 0.3) is 0 Å². The predicted octanol–water partition coefficient (Wildman–Crippen LogP) is 4.42. The maximum atomic E-state index is 4.46. The number of nitrogens with one attached hydrogen (secondary N) is 1. The van der Waals surface area contributed by atoms with Gasteiger partial charge in [0.05, 0.1) is 6.04 Å². The Balaban J connectivity index is 1.80.